The number of aromatic nitrogens is 2. The monoisotopic (exact) mass is 479 g/mol. The Balaban J connectivity index is 1.47. The number of nitrogens with one attached hydrogen (secondary N) is 2. The molecule has 0 aliphatic heterocycles. The van der Waals surface area contributed by atoms with Gasteiger partial charge in [0.25, 0.3) is 5.91 Å². The molecule has 34 heavy (non-hydrogen) atoms. The van der Waals surface area contributed by atoms with Crippen molar-refractivity contribution in [3.8, 4) is 22.9 Å². The Bertz CT molecular complexity index is 1350. The van der Waals surface area contributed by atoms with E-state index in [9.17, 15) is 9.59 Å². The van der Waals surface area contributed by atoms with Crippen molar-refractivity contribution in [1.82, 2.24) is 9.97 Å². The van der Waals surface area contributed by atoms with Gasteiger partial charge in [-0.15, -0.1) is 0 Å². The van der Waals surface area contributed by atoms with Crippen molar-refractivity contribution in [1.29, 1.82) is 0 Å². The zero-order chi connectivity index (χ0) is 24.2. The van der Waals surface area contributed by atoms with Crippen LogP contribution in [0, 0.1) is 0 Å². The van der Waals surface area contributed by atoms with Gasteiger partial charge in [-0.2, -0.15) is 0 Å². The Morgan fingerprint density at radius 3 is 2.44 bits per heavy atom. The topological polar surface area (TPSA) is 103 Å². The molecule has 0 spiro atoms. The van der Waals surface area contributed by atoms with Crippen LogP contribution in [0.15, 0.2) is 60.7 Å². The van der Waals surface area contributed by atoms with Crippen LogP contribution in [0.3, 0.4) is 0 Å². The molecule has 9 heteroatoms. The summed E-state index contributed by atoms with van der Waals surface area (Å²) in [5.41, 5.74) is 2.95. The number of carbonyl (C=O) groups excluding carboxylic acids is 2. The van der Waals surface area contributed by atoms with E-state index in [1.54, 1.807) is 24.3 Å². The summed E-state index contributed by atoms with van der Waals surface area (Å²) in [6.45, 7) is 1.48. The Labute approximate surface area is 200 Å². The van der Waals surface area contributed by atoms with E-state index in [2.05, 4.69) is 15.3 Å². The lowest BCUT2D eigenvalue weighted by Crippen LogP contribution is -2.30. The van der Waals surface area contributed by atoms with E-state index >= 15 is 0 Å². The molecule has 1 heterocycles. The van der Waals surface area contributed by atoms with Crippen LogP contribution in [0.5, 0.6) is 11.5 Å². The van der Waals surface area contributed by atoms with Crippen molar-refractivity contribution in [3.05, 3.63) is 71.2 Å². The average Bonchev–Trinajstić information content (AvgIpc) is 3.28. The predicted octanol–water partition coefficient (Wildman–Crippen LogP) is 5.08. The second kappa shape index (κ2) is 9.84. The van der Waals surface area contributed by atoms with Crippen molar-refractivity contribution in [2.24, 2.45) is 0 Å². The first kappa shape index (κ1) is 23.1. The van der Waals surface area contributed by atoms with Gasteiger partial charge in [0.1, 0.15) is 17.3 Å². The third-order valence-corrected chi connectivity index (χ3v) is 5.45. The van der Waals surface area contributed by atoms with Crippen LogP contribution >= 0.6 is 11.6 Å². The van der Waals surface area contributed by atoms with Crippen molar-refractivity contribution in [2.45, 2.75) is 13.0 Å². The molecule has 0 bridgehead atoms. The van der Waals surface area contributed by atoms with Gasteiger partial charge >= 0.3 is 5.97 Å². The number of imidazole rings is 1. The summed E-state index contributed by atoms with van der Waals surface area (Å²) in [6.07, 6.45) is -1.07. The second-order valence-corrected chi connectivity index (χ2v) is 7.81. The molecule has 3 aromatic carbocycles. The number of halogens is 1. The van der Waals surface area contributed by atoms with E-state index in [1.807, 2.05) is 30.3 Å². The molecule has 4 rings (SSSR count). The number of rotatable bonds is 7. The van der Waals surface area contributed by atoms with Crippen molar-refractivity contribution >= 4 is 40.2 Å². The van der Waals surface area contributed by atoms with Gasteiger partial charge in [-0.1, -0.05) is 41.9 Å². The maximum Gasteiger partial charge on any atom is 0.338 e. The predicted molar refractivity (Wildman–Crippen MR) is 130 cm³/mol. The quantitative estimate of drug-likeness (QED) is 0.358. The number of anilines is 1. The molecule has 2 N–H and O–H groups in total. The molecule has 0 saturated carbocycles. The van der Waals surface area contributed by atoms with Gasteiger partial charge in [0.2, 0.25) is 0 Å². The Hall–Kier alpha value is -4.04. The third kappa shape index (κ3) is 4.82. The van der Waals surface area contributed by atoms with E-state index in [0.717, 1.165) is 5.56 Å². The summed E-state index contributed by atoms with van der Waals surface area (Å²) < 4.78 is 15.8. The van der Waals surface area contributed by atoms with Crippen LogP contribution in [0.25, 0.3) is 22.4 Å². The van der Waals surface area contributed by atoms with Gasteiger partial charge < -0.3 is 24.5 Å². The number of aromatic amines is 1. The molecule has 8 nitrogen and oxygen atoms in total. The number of amides is 1. The van der Waals surface area contributed by atoms with E-state index < -0.39 is 18.0 Å². The number of carbonyl (C=O) groups is 2. The Kier molecular flexibility index (Phi) is 6.70. The first-order valence-electron chi connectivity index (χ1n) is 10.4. The van der Waals surface area contributed by atoms with Crippen LogP contribution in [0.2, 0.25) is 5.02 Å². The number of H-pyrrole nitrogens is 1. The molecule has 174 valence electrons. The lowest BCUT2D eigenvalue weighted by molar-refractivity contribution is -0.123. The van der Waals surface area contributed by atoms with Gasteiger partial charge in [0, 0.05) is 11.6 Å². The zero-order valence-electron chi connectivity index (χ0n) is 18.7. The molecule has 1 atom stereocenters. The fourth-order valence-corrected chi connectivity index (χ4v) is 3.58. The van der Waals surface area contributed by atoms with Crippen LogP contribution in [0.1, 0.15) is 17.3 Å². The summed E-state index contributed by atoms with van der Waals surface area (Å²) in [4.78, 5) is 33.1. The highest BCUT2D eigenvalue weighted by Gasteiger charge is 2.22. The van der Waals surface area contributed by atoms with Crippen molar-refractivity contribution < 1.29 is 23.8 Å². The smallest absolute Gasteiger partial charge is 0.338 e. The lowest BCUT2D eigenvalue weighted by Gasteiger charge is -2.16. The number of methoxy groups -OCH3 is 2. The standard InChI is InChI=1S/C25H22ClN3O5/c1-14(24(30)29-20-12-17(26)21(32-2)13-22(20)33-3)34-25(31)16-9-10-18-19(11-16)28-23(27-18)15-7-5-4-6-8-15/h4-14H,1-3H3,(H,27,28)(H,29,30). The first-order valence-corrected chi connectivity index (χ1v) is 10.8. The van der Waals surface area contributed by atoms with E-state index in [0.29, 0.717) is 44.6 Å². The van der Waals surface area contributed by atoms with E-state index in [4.69, 9.17) is 25.8 Å². The fraction of sp³-hybridized carbons (Fsp3) is 0.160. The molecule has 1 aromatic heterocycles. The Morgan fingerprint density at radius 1 is 1.00 bits per heavy atom. The largest absolute Gasteiger partial charge is 0.495 e. The summed E-state index contributed by atoms with van der Waals surface area (Å²) in [7, 11) is 2.93. The minimum absolute atomic E-state index is 0.292. The molecule has 0 radical (unpaired) electrons. The SMILES string of the molecule is COc1cc(OC)c(NC(=O)C(C)OC(=O)c2ccc3nc(-c4ccccc4)[nH]c3c2)cc1Cl. The second-order valence-electron chi connectivity index (χ2n) is 7.41. The number of nitrogens with zero attached hydrogens (tertiary/aromatic N) is 1. The van der Waals surface area contributed by atoms with Crippen LogP contribution in [-0.4, -0.2) is 42.2 Å². The fourth-order valence-electron chi connectivity index (χ4n) is 3.34. The van der Waals surface area contributed by atoms with Gasteiger partial charge in [0.05, 0.1) is 41.5 Å². The third-order valence-electron chi connectivity index (χ3n) is 5.15. The number of esters is 1. The highest BCUT2D eigenvalue weighted by atomic mass is 35.5. The highest BCUT2D eigenvalue weighted by Crippen LogP contribution is 2.36. The molecular weight excluding hydrogens is 458 g/mol. The molecule has 0 aliphatic rings. The zero-order valence-corrected chi connectivity index (χ0v) is 19.5. The van der Waals surface area contributed by atoms with Gasteiger partial charge in [0.15, 0.2) is 6.10 Å². The number of fused-ring (bicyclic) bond motifs is 1. The van der Waals surface area contributed by atoms with Crippen molar-refractivity contribution in [3.63, 3.8) is 0 Å². The lowest BCUT2D eigenvalue weighted by atomic mass is 10.2. The summed E-state index contributed by atoms with van der Waals surface area (Å²) in [6, 6.07) is 17.7. The van der Waals surface area contributed by atoms with Crippen LogP contribution in [-0.2, 0) is 9.53 Å². The highest BCUT2D eigenvalue weighted by molar-refractivity contribution is 6.32. The minimum Gasteiger partial charge on any atom is -0.495 e. The maximum absolute atomic E-state index is 12.7. The molecule has 1 unspecified atom stereocenters. The number of hydrogen-bond acceptors (Lipinski definition) is 6. The van der Waals surface area contributed by atoms with Gasteiger partial charge in [-0.3, -0.25) is 4.79 Å². The van der Waals surface area contributed by atoms with E-state index in [1.165, 1.54) is 27.2 Å². The van der Waals surface area contributed by atoms with Crippen LogP contribution in [0.4, 0.5) is 5.69 Å². The molecule has 0 fully saturated rings. The van der Waals surface area contributed by atoms with Gasteiger partial charge in [-0.25, -0.2) is 9.78 Å². The van der Waals surface area contributed by atoms with Gasteiger partial charge in [-0.05, 0) is 31.2 Å². The molecular formula is C25H22ClN3O5. The number of hydrogen-bond donors (Lipinski definition) is 2. The number of benzene rings is 3. The number of ether oxygens (including phenoxy) is 3. The van der Waals surface area contributed by atoms with Crippen molar-refractivity contribution in [2.75, 3.05) is 19.5 Å². The summed E-state index contributed by atoms with van der Waals surface area (Å²) >= 11 is 6.15. The summed E-state index contributed by atoms with van der Waals surface area (Å²) in [5.74, 6) is 0.274. The Morgan fingerprint density at radius 2 is 1.74 bits per heavy atom. The maximum atomic E-state index is 12.7. The minimum atomic E-state index is -1.07. The molecule has 0 saturated heterocycles. The van der Waals surface area contributed by atoms with E-state index in [-0.39, 0.29) is 0 Å². The molecule has 1 amide bonds. The normalized spacial score (nSPS) is 11.6. The molecule has 0 aliphatic carbocycles. The van der Waals surface area contributed by atoms with Crippen LogP contribution < -0.4 is 14.8 Å². The first-order chi connectivity index (χ1) is 16.4. The summed E-state index contributed by atoms with van der Waals surface area (Å²) in [5, 5.41) is 2.96. The average molecular weight is 480 g/mol. The molecule has 4 aromatic rings.